The van der Waals surface area contributed by atoms with E-state index in [1.54, 1.807) is 61.7 Å². The Morgan fingerprint density at radius 2 is 1.68 bits per heavy atom. The van der Waals surface area contributed by atoms with Crippen molar-refractivity contribution in [2.24, 2.45) is 0 Å². The van der Waals surface area contributed by atoms with Gasteiger partial charge in [-0.05, 0) is 61.7 Å². The lowest BCUT2D eigenvalue weighted by Gasteiger charge is -2.13. The first-order valence-corrected chi connectivity index (χ1v) is 12.2. The van der Waals surface area contributed by atoms with Crippen LogP contribution in [0, 0.1) is 6.92 Å². The van der Waals surface area contributed by atoms with Crippen LogP contribution in [0.1, 0.15) is 30.9 Å². The van der Waals surface area contributed by atoms with Crippen LogP contribution in [0.3, 0.4) is 0 Å². The minimum atomic E-state index is -0.407. The topological polar surface area (TPSA) is 128 Å². The molecule has 0 spiro atoms. The number of hydrogen-bond acceptors (Lipinski definition) is 7. The summed E-state index contributed by atoms with van der Waals surface area (Å²) in [6.45, 7) is 4.27. The predicted molar refractivity (Wildman–Crippen MR) is 145 cm³/mol. The zero-order valence-electron chi connectivity index (χ0n) is 21.7. The van der Waals surface area contributed by atoms with Crippen molar-refractivity contribution < 1.29 is 28.6 Å². The Kier molecular flexibility index (Phi) is 10.5. The van der Waals surface area contributed by atoms with E-state index in [4.69, 9.17) is 14.2 Å². The monoisotopic (exact) mass is 520 g/mol. The van der Waals surface area contributed by atoms with Gasteiger partial charge in [-0.15, -0.1) is 0 Å². The number of pyridine rings is 1. The van der Waals surface area contributed by atoms with E-state index in [2.05, 4.69) is 20.9 Å². The minimum absolute atomic E-state index is 0.140. The highest BCUT2D eigenvalue weighted by Gasteiger charge is 2.11. The smallest absolute Gasteiger partial charge is 0.324 e. The maximum Gasteiger partial charge on any atom is 0.324 e. The molecule has 1 heterocycles. The van der Waals surface area contributed by atoms with E-state index in [-0.39, 0.29) is 24.7 Å². The number of methoxy groups -OCH3 is 1. The van der Waals surface area contributed by atoms with Gasteiger partial charge in [0.15, 0.2) is 11.5 Å². The van der Waals surface area contributed by atoms with Crippen molar-refractivity contribution in [2.75, 3.05) is 36.3 Å². The first-order valence-electron chi connectivity index (χ1n) is 12.2. The number of aromatic nitrogens is 1. The minimum Gasteiger partial charge on any atom is -0.493 e. The number of urea groups is 1. The zero-order valence-corrected chi connectivity index (χ0v) is 21.7. The molecule has 0 fully saturated rings. The Labute approximate surface area is 221 Å². The normalized spacial score (nSPS) is 10.3. The molecule has 3 amide bonds. The lowest BCUT2D eigenvalue weighted by molar-refractivity contribution is -0.143. The van der Waals surface area contributed by atoms with Gasteiger partial charge in [0, 0.05) is 30.1 Å². The third kappa shape index (κ3) is 8.81. The van der Waals surface area contributed by atoms with Crippen molar-refractivity contribution in [3.8, 4) is 11.5 Å². The van der Waals surface area contributed by atoms with Crippen molar-refractivity contribution in [1.82, 2.24) is 4.98 Å². The Hall–Kier alpha value is -4.60. The van der Waals surface area contributed by atoms with Crippen molar-refractivity contribution >= 4 is 35.1 Å². The van der Waals surface area contributed by atoms with Gasteiger partial charge in [-0.2, -0.15) is 0 Å². The average molecular weight is 521 g/mol. The molecule has 38 heavy (non-hydrogen) atoms. The maximum atomic E-state index is 12.6. The summed E-state index contributed by atoms with van der Waals surface area (Å²) in [4.78, 5) is 40.5. The first-order chi connectivity index (χ1) is 18.4. The molecule has 0 saturated heterocycles. The van der Waals surface area contributed by atoms with E-state index in [1.807, 2.05) is 13.0 Å². The van der Waals surface area contributed by atoms with Crippen LogP contribution < -0.4 is 25.4 Å². The van der Waals surface area contributed by atoms with E-state index in [0.717, 1.165) is 11.1 Å². The third-order valence-corrected chi connectivity index (χ3v) is 5.35. The molecule has 10 nitrogen and oxygen atoms in total. The molecule has 10 heteroatoms. The summed E-state index contributed by atoms with van der Waals surface area (Å²) >= 11 is 0. The first kappa shape index (κ1) is 28.0. The lowest BCUT2D eigenvalue weighted by atomic mass is 10.1. The van der Waals surface area contributed by atoms with Crippen LogP contribution in [0.25, 0.3) is 0 Å². The number of carbonyl (C=O) groups excluding carboxylic acids is 3. The molecule has 0 aliphatic carbocycles. The number of amides is 3. The molecule has 0 saturated carbocycles. The molecule has 0 radical (unpaired) electrons. The Balaban J connectivity index is 1.50. The molecule has 0 atom stereocenters. The highest BCUT2D eigenvalue weighted by Crippen LogP contribution is 2.30. The van der Waals surface area contributed by atoms with Gasteiger partial charge < -0.3 is 24.8 Å². The number of esters is 1. The van der Waals surface area contributed by atoms with Crippen LogP contribution in [0.4, 0.5) is 22.0 Å². The predicted octanol–water partition coefficient (Wildman–Crippen LogP) is 4.95. The molecule has 200 valence electrons. The number of aryl methyl sites for hydroxylation is 1. The van der Waals surface area contributed by atoms with Gasteiger partial charge >= 0.3 is 12.0 Å². The van der Waals surface area contributed by atoms with E-state index in [1.165, 1.54) is 7.11 Å². The fourth-order valence-electron chi connectivity index (χ4n) is 3.48. The maximum absolute atomic E-state index is 12.6. The van der Waals surface area contributed by atoms with Gasteiger partial charge in [0.25, 0.3) is 0 Å². The summed E-state index contributed by atoms with van der Waals surface area (Å²) in [6.07, 6.45) is 2.50. The Bertz CT molecular complexity index is 1250. The summed E-state index contributed by atoms with van der Waals surface area (Å²) in [6, 6.07) is 15.3. The van der Waals surface area contributed by atoms with Gasteiger partial charge in [0.1, 0.15) is 5.82 Å². The SMILES string of the molecule is CCOC(=O)CCCOc1cc(NC(=O)Cc2ccc(NC(=O)Nc3ncccc3C)cc2)ccc1OC. The third-order valence-electron chi connectivity index (χ3n) is 5.35. The molecular formula is C28H32N4O6. The van der Waals surface area contributed by atoms with Crippen LogP contribution in [0.5, 0.6) is 11.5 Å². The number of nitrogens with one attached hydrogen (secondary N) is 3. The van der Waals surface area contributed by atoms with Crippen LogP contribution in [0.2, 0.25) is 0 Å². The average Bonchev–Trinajstić information content (AvgIpc) is 2.89. The highest BCUT2D eigenvalue weighted by molar-refractivity contribution is 5.99. The van der Waals surface area contributed by atoms with Gasteiger partial charge in [0.05, 0.1) is 26.7 Å². The van der Waals surface area contributed by atoms with E-state index < -0.39 is 6.03 Å². The number of anilines is 3. The number of hydrogen-bond donors (Lipinski definition) is 3. The fourth-order valence-corrected chi connectivity index (χ4v) is 3.48. The second-order valence-corrected chi connectivity index (χ2v) is 8.29. The molecule has 0 unspecified atom stereocenters. The van der Waals surface area contributed by atoms with Crippen LogP contribution in [-0.2, 0) is 20.7 Å². The largest absolute Gasteiger partial charge is 0.493 e. The number of benzene rings is 2. The summed E-state index contributed by atoms with van der Waals surface area (Å²) in [5.41, 5.74) is 2.77. The quantitative estimate of drug-likeness (QED) is 0.228. The number of carbonyl (C=O) groups is 3. The van der Waals surface area contributed by atoms with Gasteiger partial charge in [-0.1, -0.05) is 18.2 Å². The molecule has 1 aromatic heterocycles. The molecule has 0 aliphatic heterocycles. The molecule has 3 aromatic rings. The van der Waals surface area contributed by atoms with Crippen molar-refractivity contribution in [3.05, 3.63) is 71.9 Å². The van der Waals surface area contributed by atoms with Crippen molar-refractivity contribution in [1.29, 1.82) is 0 Å². The second kappa shape index (κ2) is 14.2. The van der Waals surface area contributed by atoms with E-state index in [0.29, 0.717) is 48.3 Å². The molecule has 2 aromatic carbocycles. The standard InChI is InChI=1S/C28H32N4O6/c1-4-37-26(34)8-6-16-38-24-18-22(13-14-23(24)36-3)30-25(33)17-20-9-11-21(12-10-20)31-28(35)32-27-19(2)7-5-15-29-27/h5,7,9-15,18H,4,6,8,16-17H2,1-3H3,(H,30,33)(H2,29,31,32,35). The Morgan fingerprint density at radius 1 is 0.921 bits per heavy atom. The van der Waals surface area contributed by atoms with Crippen LogP contribution in [-0.4, -0.2) is 43.2 Å². The molecule has 3 rings (SSSR count). The van der Waals surface area contributed by atoms with Gasteiger partial charge in [-0.25, -0.2) is 9.78 Å². The molecule has 0 bridgehead atoms. The summed E-state index contributed by atoms with van der Waals surface area (Å²) in [7, 11) is 1.53. The van der Waals surface area contributed by atoms with Gasteiger partial charge in [0.2, 0.25) is 5.91 Å². The van der Waals surface area contributed by atoms with Crippen molar-refractivity contribution in [3.63, 3.8) is 0 Å². The summed E-state index contributed by atoms with van der Waals surface area (Å²) in [5, 5.41) is 8.30. The molecule has 3 N–H and O–H groups in total. The van der Waals surface area contributed by atoms with Gasteiger partial charge in [-0.3, -0.25) is 14.9 Å². The zero-order chi connectivity index (χ0) is 27.3. The van der Waals surface area contributed by atoms with Crippen LogP contribution in [0.15, 0.2) is 60.8 Å². The fraction of sp³-hybridized carbons (Fsp3) is 0.286. The van der Waals surface area contributed by atoms with E-state index >= 15 is 0 Å². The van der Waals surface area contributed by atoms with Crippen molar-refractivity contribution in [2.45, 2.75) is 33.1 Å². The lowest BCUT2D eigenvalue weighted by Crippen LogP contribution is -2.20. The van der Waals surface area contributed by atoms with E-state index in [9.17, 15) is 14.4 Å². The number of rotatable bonds is 12. The summed E-state index contributed by atoms with van der Waals surface area (Å²) < 4.78 is 16.0. The second-order valence-electron chi connectivity index (χ2n) is 8.29. The number of nitrogens with zero attached hydrogens (tertiary/aromatic N) is 1. The number of ether oxygens (including phenoxy) is 3. The van der Waals surface area contributed by atoms with Crippen LogP contribution >= 0.6 is 0 Å². The highest BCUT2D eigenvalue weighted by atomic mass is 16.5. The molecule has 0 aliphatic rings. The Morgan fingerprint density at radius 3 is 2.39 bits per heavy atom. The summed E-state index contributed by atoms with van der Waals surface area (Å²) in [5.74, 6) is 0.985. The molecular weight excluding hydrogens is 488 g/mol.